The monoisotopic (exact) mass is 299 g/mol. The van der Waals surface area contributed by atoms with Gasteiger partial charge in [-0.1, -0.05) is 32.0 Å². The Labute approximate surface area is 130 Å². The van der Waals surface area contributed by atoms with E-state index in [0.29, 0.717) is 19.4 Å². The van der Waals surface area contributed by atoms with Crippen molar-refractivity contribution in [1.82, 2.24) is 0 Å². The number of carbonyl (C=O) groups is 3. The maximum atomic E-state index is 13.3. The summed E-state index contributed by atoms with van der Waals surface area (Å²) in [7, 11) is 0. The number of hydrogen-bond acceptors (Lipinski definition) is 3. The van der Waals surface area contributed by atoms with E-state index in [-0.39, 0.29) is 17.6 Å². The third kappa shape index (κ3) is 1.61. The first-order valence-corrected chi connectivity index (χ1v) is 7.83. The van der Waals surface area contributed by atoms with E-state index in [9.17, 15) is 14.4 Å². The number of rotatable bonds is 3. The lowest BCUT2D eigenvalue weighted by Crippen LogP contribution is -2.52. The van der Waals surface area contributed by atoms with E-state index in [1.54, 1.807) is 4.90 Å². The van der Waals surface area contributed by atoms with Crippen molar-refractivity contribution in [1.29, 1.82) is 0 Å². The van der Waals surface area contributed by atoms with Crippen LogP contribution < -0.4 is 4.90 Å². The topological polar surface area (TPSA) is 54.5 Å². The van der Waals surface area contributed by atoms with Gasteiger partial charge in [-0.05, 0) is 37.3 Å². The van der Waals surface area contributed by atoms with Crippen LogP contribution in [0, 0.1) is 16.7 Å². The summed E-state index contributed by atoms with van der Waals surface area (Å²) >= 11 is 0. The summed E-state index contributed by atoms with van der Waals surface area (Å²) < 4.78 is 0. The molecule has 2 unspecified atom stereocenters. The zero-order valence-electron chi connectivity index (χ0n) is 13.3. The van der Waals surface area contributed by atoms with Crippen LogP contribution in [0.4, 0.5) is 5.69 Å². The van der Waals surface area contributed by atoms with Gasteiger partial charge in [0.05, 0.1) is 0 Å². The quantitative estimate of drug-likeness (QED) is 0.637. The van der Waals surface area contributed by atoms with Crippen molar-refractivity contribution in [3.63, 3.8) is 0 Å². The van der Waals surface area contributed by atoms with Crippen molar-refractivity contribution in [3.8, 4) is 0 Å². The molecule has 0 saturated heterocycles. The zero-order chi connectivity index (χ0) is 16.1. The summed E-state index contributed by atoms with van der Waals surface area (Å²) in [5.74, 6) is -1.36. The molecule has 4 nitrogen and oxygen atoms in total. The van der Waals surface area contributed by atoms with Crippen LogP contribution in [0.5, 0.6) is 0 Å². The number of fused-ring (bicyclic) bond motifs is 2. The summed E-state index contributed by atoms with van der Waals surface area (Å²) in [6.07, 6.45) is 1.12. The van der Waals surface area contributed by atoms with Crippen LogP contribution >= 0.6 is 0 Å². The van der Waals surface area contributed by atoms with Gasteiger partial charge in [-0.25, -0.2) is 0 Å². The molecular formula is C18H21NO3. The average molecular weight is 299 g/mol. The average Bonchev–Trinajstić information content (AvgIpc) is 2.85. The number of amides is 1. The fraction of sp³-hybridized carbons (Fsp3) is 0.500. The Morgan fingerprint density at radius 3 is 2.36 bits per heavy atom. The second-order valence-electron chi connectivity index (χ2n) is 6.80. The SMILES string of the molecule is CCN(C(=O)C12CCC(C(=O)C1=O)C2(C)C)c1ccccc1. The molecule has 2 saturated carbocycles. The van der Waals surface area contributed by atoms with E-state index in [0.717, 1.165) is 5.69 Å². The molecule has 0 N–H and O–H groups in total. The van der Waals surface area contributed by atoms with E-state index in [1.165, 1.54) is 0 Å². The van der Waals surface area contributed by atoms with E-state index in [4.69, 9.17) is 0 Å². The lowest BCUT2D eigenvalue weighted by Gasteiger charge is -2.38. The molecule has 0 spiro atoms. The van der Waals surface area contributed by atoms with Crippen molar-refractivity contribution < 1.29 is 14.4 Å². The Balaban J connectivity index is 2.07. The van der Waals surface area contributed by atoms with Gasteiger partial charge in [0, 0.05) is 18.2 Å². The van der Waals surface area contributed by atoms with Gasteiger partial charge in [0.2, 0.25) is 17.5 Å². The van der Waals surface area contributed by atoms with Crippen LogP contribution in [0.2, 0.25) is 0 Å². The fourth-order valence-electron chi connectivity index (χ4n) is 4.34. The zero-order valence-corrected chi connectivity index (χ0v) is 13.3. The number of nitrogens with zero attached hydrogens (tertiary/aromatic N) is 1. The molecule has 4 heteroatoms. The van der Waals surface area contributed by atoms with Crippen LogP contribution in [0.15, 0.2) is 30.3 Å². The molecule has 22 heavy (non-hydrogen) atoms. The molecule has 2 atom stereocenters. The van der Waals surface area contributed by atoms with Gasteiger partial charge < -0.3 is 4.90 Å². The van der Waals surface area contributed by atoms with Crippen LogP contribution in [-0.2, 0) is 14.4 Å². The minimum absolute atomic E-state index is 0.218. The summed E-state index contributed by atoms with van der Waals surface area (Å²) in [5, 5.41) is 0. The first kappa shape index (κ1) is 14.9. The molecular weight excluding hydrogens is 278 g/mol. The van der Waals surface area contributed by atoms with Crippen LogP contribution in [0.1, 0.15) is 33.6 Å². The molecule has 3 rings (SSSR count). The molecule has 0 radical (unpaired) electrons. The summed E-state index contributed by atoms with van der Waals surface area (Å²) in [6, 6.07) is 9.34. The molecule has 1 aromatic rings. The van der Waals surface area contributed by atoms with Crippen molar-refractivity contribution in [2.45, 2.75) is 33.6 Å². The number of para-hydroxylation sites is 1. The third-order valence-electron chi connectivity index (χ3n) is 5.70. The normalized spacial score (nSPS) is 29.0. The van der Waals surface area contributed by atoms with Crippen molar-refractivity contribution in [2.75, 3.05) is 11.4 Å². The highest BCUT2D eigenvalue weighted by Gasteiger charge is 2.73. The Morgan fingerprint density at radius 1 is 1.23 bits per heavy atom. The molecule has 0 aromatic heterocycles. The Bertz CT molecular complexity index is 650. The highest BCUT2D eigenvalue weighted by atomic mass is 16.2. The minimum atomic E-state index is -1.18. The predicted molar refractivity (Wildman–Crippen MR) is 83.4 cm³/mol. The maximum Gasteiger partial charge on any atom is 0.241 e. The molecule has 1 aromatic carbocycles. The fourth-order valence-corrected chi connectivity index (χ4v) is 4.34. The van der Waals surface area contributed by atoms with Gasteiger partial charge in [-0.3, -0.25) is 14.4 Å². The molecule has 2 bridgehead atoms. The van der Waals surface area contributed by atoms with Gasteiger partial charge in [-0.2, -0.15) is 0 Å². The lowest BCUT2D eigenvalue weighted by atomic mass is 9.68. The second-order valence-corrected chi connectivity index (χ2v) is 6.80. The van der Waals surface area contributed by atoms with Crippen molar-refractivity contribution in [2.24, 2.45) is 16.7 Å². The number of anilines is 1. The van der Waals surface area contributed by atoms with E-state index in [2.05, 4.69) is 0 Å². The maximum absolute atomic E-state index is 13.3. The van der Waals surface area contributed by atoms with Gasteiger partial charge in [0.25, 0.3) is 0 Å². The minimum Gasteiger partial charge on any atom is -0.312 e. The molecule has 2 aliphatic carbocycles. The van der Waals surface area contributed by atoms with E-state index >= 15 is 0 Å². The summed E-state index contributed by atoms with van der Waals surface area (Å²) in [6.45, 7) is 6.16. The first-order chi connectivity index (χ1) is 10.4. The lowest BCUT2D eigenvalue weighted by molar-refractivity contribution is -0.148. The highest BCUT2D eigenvalue weighted by molar-refractivity contribution is 6.48. The highest BCUT2D eigenvalue weighted by Crippen LogP contribution is 2.63. The van der Waals surface area contributed by atoms with E-state index in [1.807, 2.05) is 51.1 Å². The van der Waals surface area contributed by atoms with Gasteiger partial charge in [0.1, 0.15) is 5.41 Å². The summed E-state index contributed by atoms with van der Waals surface area (Å²) in [4.78, 5) is 39.7. The number of carbonyl (C=O) groups excluding carboxylic acids is 3. The molecule has 116 valence electrons. The number of Topliss-reactive ketones (excluding diaryl/α,β-unsaturated/α-hetero) is 2. The first-order valence-electron chi connectivity index (χ1n) is 7.83. The molecule has 0 heterocycles. The molecule has 1 amide bonds. The Kier molecular flexibility index (Phi) is 3.24. The number of hydrogen-bond donors (Lipinski definition) is 0. The van der Waals surface area contributed by atoms with Crippen LogP contribution in [0.3, 0.4) is 0 Å². The Morgan fingerprint density at radius 2 is 1.86 bits per heavy atom. The molecule has 2 fully saturated rings. The van der Waals surface area contributed by atoms with Crippen LogP contribution in [-0.4, -0.2) is 24.0 Å². The Hall–Kier alpha value is -1.97. The summed E-state index contributed by atoms with van der Waals surface area (Å²) in [5.41, 5.74) is -1.00. The number of benzene rings is 1. The smallest absolute Gasteiger partial charge is 0.241 e. The molecule has 0 aliphatic heterocycles. The van der Waals surface area contributed by atoms with Gasteiger partial charge in [0.15, 0.2) is 0 Å². The van der Waals surface area contributed by atoms with Gasteiger partial charge >= 0.3 is 0 Å². The van der Waals surface area contributed by atoms with Crippen LogP contribution in [0.25, 0.3) is 0 Å². The largest absolute Gasteiger partial charge is 0.312 e. The van der Waals surface area contributed by atoms with Crippen molar-refractivity contribution >= 4 is 23.2 Å². The number of ketones is 2. The van der Waals surface area contributed by atoms with Crippen molar-refractivity contribution in [3.05, 3.63) is 30.3 Å². The van der Waals surface area contributed by atoms with E-state index < -0.39 is 16.6 Å². The van der Waals surface area contributed by atoms with Gasteiger partial charge in [-0.15, -0.1) is 0 Å². The molecule has 2 aliphatic rings. The third-order valence-corrected chi connectivity index (χ3v) is 5.70. The second kappa shape index (κ2) is 4.77. The predicted octanol–water partition coefficient (Wildman–Crippen LogP) is 2.61. The standard InChI is InChI=1S/C18H21NO3/c1-4-19(12-8-6-5-7-9-12)16(22)18-11-10-13(17(18,2)3)14(20)15(18)21/h5-9,13H,4,10-11H2,1-3H3.